The van der Waals surface area contributed by atoms with Crippen molar-refractivity contribution >= 4 is 29.9 Å². The fourth-order valence-corrected chi connectivity index (χ4v) is 2.93. The zero-order valence-corrected chi connectivity index (χ0v) is 18.9. The second-order valence-electron chi connectivity index (χ2n) is 6.48. The lowest BCUT2D eigenvalue weighted by atomic mass is 10.1. The number of nitrogens with zero attached hydrogens (tertiary/aromatic N) is 3. The maximum Gasteiger partial charge on any atom is 0.191 e. The number of aromatic amines is 1. The van der Waals surface area contributed by atoms with E-state index in [0.29, 0.717) is 6.54 Å². The van der Waals surface area contributed by atoms with Gasteiger partial charge in [-0.3, -0.25) is 5.10 Å². The number of nitrogens with one attached hydrogen (secondary N) is 3. The van der Waals surface area contributed by atoms with Gasteiger partial charge in [0.2, 0.25) is 0 Å². The highest BCUT2D eigenvalue weighted by Crippen LogP contribution is 2.16. The summed E-state index contributed by atoms with van der Waals surface area (Å²) in [5.41, 5.74) is 4.16. The number of hydrogen-bond acceptors (Lipinski definition) is 3. The molecule has 1 heterocycles. The molecule has 3 N–H and O–H groups in total. The number of hydrogen-bond donors (Lipinski definition) is 3. The summed E-state index contributed by atoms with van der Waals surface area (Å²) >= 11 is 0. The summed E-state index contributed by atoms with van der Waals surface area (Å²) < 4.78 is 13.2. The van der Waals surface area contributed by atoms with Gasteiger partial charge in [-0.25, -0.2) is 14.4 Å². The van der Waals surface area contributed by atoms with Gasteiger partial charge in [-0.2, -0.15) is 5.10 Å². The van der Waals surface area contributed by atoms with E-state index in [2.05, 4.69) is 36.9 Å². The van der Waals surface area contributed by atoms with Crippen LogP contribution in [0.25, 0.3) is 11.4 Å². The number of rotatable bonds is 7. The molecule has 8 heteroatoms. The van der Waals surface area contributed by atoms with E-state index in [1.807, 2.05) is 38.1 Å². The second kappa shape index (κ2) is 11.5. The number of halogens is 2. The Morgan fingerprint density at radius 2 is 2.03 bits per heavy atom. The van der Waals surface area contributed by atoms with Gasteiger partial charge in [0.1, 0.15) is 12.1 Å². The Labute approximate surface area is 187 Å². The van der Waals surface area contributed by atoms with Crippen LogP contribution in [0.1, 0.15) is 23.6 Å². The highest BCUT2D eigenvalue weighted by molar-refractivity contribution is 14.0. The van der Waals surface area contributed by atoms with Crippen LogP contribution in [0.4, 0.5) is 4.39 Å². The first-order valence-corrected chi connectivity index (χ1v) is 9.37. The summed E-state index contributed by atoms with van der Waals surface area (Å²) in [6, 6.07) is 13.0. The van der Waals surface area contributed by atoms with Crippen molar-refractivity contribution in [3.8, 4) is 11.4 Å². The summed E-state index contributed by atoms with van der Waals surface area (Å²) in [6.45, 7) is 6.01. The molecule has 3 rings (SSSR count). The van der Waals surface area contributed by atoms with E-state index in [0.717, 1.165) is 53.5 Å². The maximum absolute atomic E-state index is 13.2. The molecule has 0 aliphatic carbocycles. The maximum atomic E-state index is 13.2. The lowest BCUT2D eigenvalue weighted by Gasteiger charge is -2.12. The van der Waals surface area contributed by atoms with Crippen LogP contribution in [-0.2, 0) is 13.0 Å². The van der Waals surface area contributed by atoms with Crippen LogP contribution >= 0.6 is 24.0 Å². The Morgan fingerprint density at radius 1 is 1.17 bits per heavy atom. The molecule has 3 aromatic rings. The number of aliphatic imine (C=N–C) groups is 1. The van der Waals surface area contributed by atoms with E-state index in [1.54, 1.807) is 6.07 Å². The molecule has 0 unspecified atom stereocenters. The minimum Gasteiger partial charge on any atom is -0.357 e. The van der Waals surface area contributed by atoms with Crippen molar-refractivity contribution < 1.29 is 4.39 Å². The average molecular weight is 508 g/mol. The molecule has 0 radical (unpaired) electrons. The van der Waals surface area contributed by atoms with Crippen LogP contribution in [0.3, 0.4) is 0 Å². The smallest absolute Gasteiger partial charge is 0.191 e. The summed E-state index contributed by atoms with van der Waals surface area (Å²) in [7, 11) is 0. The molecule has 0 spiro atoms. The van der Waals surface area contributed by atoms with Crippen molar-refractivity contribution in [2.75, 3.05) is 13.1 Å². The van der Waals surface area contributed by atoms with Gasteiger partial charge >= 0.3 is 0 Å². The van der Waals surface area contributed by atoms with Gasteiger partial charge in [0.15, 0.2) is 11.8 Å². The first-order chi connectivity index (χ1) is 13.7. The van der Waals surface area contributed by atoms with Crippen LogP contribution in [-0.4, -0.2) is 34.2 Å². The van der Waals surface area contributed by atoms with E-state index in [9.17, 15) is 4.39 Å². The lowest BCUT2D eigenvalue weighted by molar-refractivity contribution is 0.625. The zero-order valence-electron chi connectivity index (χ0n) is 16.6. The van der Waals surface area contributed by atoms with Crippen LogP contribution in [0.15, 0.2) is 53.8 Å². The molecule has 0 aliphatic heterocycles. The fourth-order valence-electron chi connectivity index (χ4n) is 2.93. The molecule has 0 saturated heterocycles. The van der Waals surface area contributed by atoms with Crippen molar-refractivity contribution in [1.82, 2.24) is 25.8 Å². The number of aromatic nitrogens is 3. The van der Waals surface area contributed by atoms with Gasteiger partial charge < -0.3 is 10.6 Å². The van der Waals surface area contributed by atoms with Gasteiger partial charge in [-0.05, 0) is 55.2 Å². The Morgan fingerprint density at radius 3 is 2.76 bits per heavy atom. The van der Waals surface area contributed by atoms with Gasteiger partial charge in [-0.1, -0.05) is 24.3 Å². The van der Waals surface area contributed by atoms with Crippen molar-refractivity contribution in [2.24, 2.45) is 4.99 Å². The van der Waals surface area contributed by atoms with Gasteiger partial charge in [0, 0.05) is 18.7 Å². The van der Waals surface area contributed by atoms with Crippen LogP contribution in [0, 0.1) is 12.7 Å². The molecular weight excluding hydrogens is 482 g/mol. The van der Waals surface area contributed by atoms with Crippen LogP contribution in [0.2, 0.25) is 0 Å². The van der Waals surface area contributed by atoms with Crippen molar-refractivity contribution in [3.05, 3.63) is 71.3 Å². The number of guanidine groups is 1. The largest absolute Gasteiger partial charge is 0.357 e. The van der Waals surface area contributed by atoms with E-state index >= 15 is 0 Å². The lowest BCUT2D eigenvalue weighted by Crippen LogP contribution is -2.38. The summed E-state index contributed by atoms with van der Waals surface area (Å²) in [4.78, 5) is 8.85. The SMILES string of the molecule is CCNC(=NCc1cccc(-c2ncn[nH]2)c1)NCCc1ccc(F)cc1C.I. The highest BCUT2D eigenvalue weighted by Gasteiger charge is 2.04. The molecule has 1 aromatic heterocycles. The molecule has 154 valence electrons. The molecule has 0 aliphatic rings. The first kappa shape index (κ1) is 22.8. The second-order valence-corrected chi connectivity index (χ2v) is 6.48. The quantitative estimate of drug-likeness (QED) is 0.258. The minimum atomic E-state index is -0.198. The first-order valence-electron chi connectivity index (χ1n) is 9.37. The summed E-state index contributed by atoms with van der Waals surface area (Å²) in [5, 5.41) is 13.4. The van der Waals surface area contributed by atoms with E-state index in [1.165, 1.54) is 12.4 Å². The topological polar surface area (TPSA) is 78.0 Å². The number of aryl methyl sites for hydroxylation is 1. The standard InChI is InChI=1S/C21H25FN6.HI/c1-3-23-21(24-10-9-17-7-8-19(22)11-15(17)2)25-13-16-5-4-6-18(12-16)20-26-14-27-28-20;/h4-8,11-12,14H,3,9-10,13H2,1-2H3,(H2,23,24,25)(H,26,27,28);1H. The molecule has 0 amide bonds. The third kappa shape index (κ3) is 6.81. The fraction of sp³-hybridized carbons (Fsp3) is 0.286. The van der Waals surface area contributed by atoms with E-state index in [4.69, 9.17) is 0 Å². The van der Waals surface area contributed by atoms with E-state index in [-0.39, 0.29) is 29.8 Å². The van der Waals surface area contributed by atoms with Gasteiger partial charge in [-0.15, -0.1) is 24.0 Å². The number of benzene rings is 2. The Bertz CT molecular complexity index is 927. The van der Waals surface area contributed by atoms with Crippen LogP contribution < -0.4 is 10.6 Å². The summed E-state index contributed by atoms with van der Waals surface area (Å²) in [6.07, 6.45) is 2.30. The normalized spacial score (nSPS) is 11.1. The predicted octanol–water partition coefficient (Wildman–Crippen LogP) is 3.84. The van der Waals surface area contributed by atoms with Crippen molar-refractivity contribution in [3.63, 3.8) is 0 Å². The van der Waals surface area contributed by atoms with Gasteiger partial charge in [0.05, 0.1) is 6.54 Å². The van der Waals surface area contributed by atoms with E-state index < -0.39 is 0 Å². The molecule has 2 aromatic carbocycles. The van der Waals surface area contributed by atoms with Gasteiger partial charge in [0.25, 0.3) is 0 Å². The molecule has 0 bridgehead atoms. The minimum absolute atomic E-state index is 0. The average Bonchev–Trinajstić information content (AvgIpc) is 3.23. The monoisotopic (exact) mass is 508 g/mol. The molecule has 29 heavy (non-hydrogen) atoms. The molecule has 0 fully saturated rings. The Hall–Kier alpha value is -2.49. The van der Waals surface area contributed by atoms with Crippen molar-refractivity contribution in [2.45, 2.75) is 26.8 Å². The summed E-state index contributed by atoms with van der Waals surface area (Å²) in [5.74, 6) is 1.30. The van der Waals surface area contributed by atoms with Crippen LogP contribution in [0.5, 0.6) is 0 Å². The number of H-pyrrole nitrogens is 1. The molecule has 0 atom stereocenters. The van der Waals surface area contributed by atoms with Crippen molar-refractivity contribution in [1.29, 1.82) is 0 Å². The molecule has 6 nitrogen and oxygen atoms in total. The Kier molecular flexibility index (Phi) is 9.04. The molecule has 0 saturated carbocycles. The zero-order chi connectivity index (χ0) is 19.8. The Balaban J connectivity index is 0.00000300. The highest BCUT2D eigenvalue weighted by atomic mass is 127. The third-order valence-electron chi connectivity index (χ3n) is 4.37. The third-order valence-corrected chi connectivity index (χ3v) is 4.37. The predicted molar refractivity (Wildman–Crippen MR) is 125 cm³/mol. The molecular formula is C21H26FIN6.